The van der Waals surface area contributed by atoms with Gasteiger partial charge in [-0.1, -0.05) is 35.5 Å². The molecule has 0 saturated carbocycles. The van der Waals surface area contributed by atoms with Crippen LogP contribution >= 0.6 is 0 Å². The minimum absolute atomic E-state index is 0.0926. The number of ether oxygens (including phenoxy) is 1. The molecule has 1 saturated heterocycles. The molecular weight excluding hydrogens is 318 g/mol. The predicted octanol–water partition coefficient (Wildman–Crippen LogP) is 2.21. The summed E-state index contributed by atoms with van der Waals surface area (Å²) in [6.45, 7) is 4.60. The van der Waals surface area contributed by atoms with Gasteiger partial charge in [-0.25, -0.2) is 0 Å². The van der Waals surface area contributed by atoms with Crippen LogP contribution in [0.15, 0.2) is 40.9 Å². The number of aromatic nitrogens is 1. The number of morpholine rings is 1. The highest BCUT2D eigenvalue weighted by Gasteiger charge is 2.19. The van der Waals surface area contributed by atoms with Crippen LogP contribution in [0.1, 0.15) is 28.2 Å². The number of carbonyl (C=O) groups excluding carboxylic acids is 1. The molecule has 25 heavy (non-hydrogen) atoms. The molecule has 134 valence electrons. The number of hydrogen-bond acceptors (Lipinski definition) is 5. The van der Waals surface area contributed by atoms with Gasteiger partial charge in [0, 0.05) is 32.7 Å². The number of carbonyl (C=O) groups is 1. The van der Waals surface area contributed by atoms with E-state index in [1.807, 2.05) is 25.2 Å². The third kappa shape index (κ3) is 5.14. The average molecular weight is 343 g/mol. The zero-order chi connectivity index (χ0) is 17.5. The molecule has 0 spiro atoms. The predicted molar refractivity (Wildman–Crippen MR) is 94.3 cm³/mol. The quantitative estimate of drug-likeness (QED) is 0.771. The van der Waals surface area contributed by atoms with Gasteiger partial charge in [-0.3, -0.25) is 9.69 Å². The molecule has 0 radical (unpaired) electrons. The fourth-order valence-electron chi connectivity index (χ4n) is 2.93. The summed E-state index contributed by atoms with van der Waals surface area (Å²) in [5.41, 5.74) is 1.67. The molecule has 1 aromatic carbocycles. The van der Waals surface area contributed by atoms with Crippen LogP contribution in [0.2, 0.25) is 0 Å². The minimum atomic E-state index is -0.0926. The van der Waals surface area contributed by atoms with Crippen molar-refractivity contribution < 1.29 is 14.1 Å². The monoisotopic (exact) mass is 343 g/mol. The Morgan fingerprint density at radius 2 is 2.00 bits per heavy atom. The van der Waals surface area contributed by atoms with Crippen molar-refractivity contribution >= 4 is 5.91 Å². The van der Waals surface area contributed by atoms with E-state index in [0.29, 0.717) is 18.8 Å². The summed E-state index contributed by atoms with van der Waals surface area (Å²) in [4.78, 5) is 16.4. The molecule has 1 aliphatic rings. The molecule has 0 bridgehead atoms. The van der Waals surface area contributed by atoms with Crippen LogP contribution in [0.25, 0.3) is 0 Å². The van der Waals surface area contributed by atoms with Crippen LogP contribution in [0.5, 0.6) is 0 Å². The Labute approximate surface area is 148 Å². The van der Waals surface area contributed by atoms with E-state index >= 15 is 0 Å². The van der Waals surface area contributed by atoms with E-state index < -0.39 is 0 Å². The van der Waals surface area contributed by atoms with Gasteiger partial charge in [0.05, 0.1) is 19.8 Å². The Morgan fingerprint density at radius 3 is 2.76 bits per heavy atom. The highest BCUT2D eigenvalue weighted by molar-refractivity contribution is 5.92. The molecule has 1 aromatic heterocycles. The van der Waals surface area contributed by atoms with Crippen LogP contribution in [0, 0.1) is 0 Å². The van der Waals surface area contributed by atoms with Gasteiger partial charge in [-0.05, 0) is 18.4 Å². The maximum atomic E-state index is 12.5. The largest absolute Gasteiger partial charge is 0.379 e. The molecule has 1 amide bonds. The number of rotatable bonds is 7. The van der Waals surface area contributed by atoms with E-state index in [-0.39, 0.29) is 5.91 Å². The van der Waals surface area contributed by atoms with Gasteiger partial charge in [0.25, 0.3) is 5.91 Å². The number of nitrogens with zero attached hydrogens (tertiary/aromatic N) is 3. The van der Waals surface area contributed by atoms with Crippen molar-refractivity contribution in [1.82, 2.24) is 15.0 Å². The summed E-state index contributed by atoms with van der Waals surface area (Å²) >= 11 is 0. The van der Waals surface area contributed by atoms with Gasteiger partial charge >= 0.3 is 0 Å². The van der Waals surface area contributed by atoms with Gasteiger partial charge in [-0.15, -0.1) is 0 Å². The van der Waals surface area contributed by atoms with Crippen LogP contribution < -0.4 is 0 Å². The summed E-state index contributed by atoms with van der Waals surface area (Å²) in [6, 6.07) is 12.1. The number of amides is 1. The second-order valence-electron chi connectivity index (χ2n) is 6.38. The van der Waals surface area contributed by atoms with E-state index in [4.69, 9.17) is 9.26 Å². The van der Waals surface area contributed by atoms with Crippen molar-refractivity contribution in [2.45, 2.75) is 19.4 Å². The van der Waals surface area contributed by atoms with Crippen molar-refractivity contribution in [2.75, 3.05) is 39.9 Å². The zero-order valence-corrected chi connectivity index (χ0v) is 14.7. The van der Waals surface area contributed by atoms with Crippen molar-refractivity contribution in [3.63, 3.8) is 0 Å². The van der Waals surface area contributed by atoms with Crippen LogP contribution in [0.4, 0.5) is 0 Å². The molecule has 0 aliphatic carbocycles. The minimum Gasteiger partial charge on any atom is -0.379 e. The Hall–Kier alpha value is -2.18. The third-order valence-electron chi connectivity index (χ3n) is 4.41. The lowest BCUT2D eigenvalue weighted by molar-refractivity contribution is 0.0305. The van der Waals surface area contributed by atoms with Gasteiger partial charge in [-0.2, -0.15) is 0 Å². The second kappa shape index (κ2) is 8.78. The number of aryl methyl sites for hydroxylation is 1. The Balaban J connectivity index is 1.46. The van der Waals surface area contributed by atoms with Gasteiger partial charge in [0.15, 0.2) is 11.5 Å². The second-order valence-corrected chi connectivity index (χ2v) is 6.38. The van der Waals surface area contributed by atoms with Crippen molar-refractivity contribution in [3.05, 3.63) is 53.4 Å². The Kier molecular flexibility index (Phi) is 6.19. The van der Waals surface area contributed by atoms with Crippen molar-refractivity contribution in [2.24, 2.45) is 0 Å². The van der Waals surface area contributed by atoms with Gasteiger partial charge in [0.2, 0.25) is 0 Å². The highest BCUT2D eigenvalue weighted by Crippen LogP contribution is 2.11. The lowest BCUT2D eigenvalue weighted by Gasteiger charge is -2.25. The standard InChI is InChI=1S/C19H25N3O3/c1-21(9-5-8-16-6-3-2-4-7-16)19(23)18-14-17(25-20-18)15-22-10-12-24-13-11-22/h2-4,6-7,14H,5,8-13,15H2,1H3. The summed E-state index contributed by atoms with van der Waals surface area (Å²) in [5.74, 6) is 0.632. The summed E-state index contributed by atoms with van der Waals surface area (Å²) in [5, 5.41) is 3.94. The van der Waals surface area contributed by atoms with Crippen LogP contribution in [-0.2, 0) is 17.7 Å². The molecule has 2 heterocycles. The molecule has 1 fully saturated rings. The molecule has 1 aliphatic heterocycles. The molecule has 3 rings (SSSR count). The van der Waals surface area contributed by atoms with Gasteiger partial charge in [0.1, 0.15) is 0 Å². The maximum Gasteiger partial charge on any atom is 0.275 e. The summed E-state index contributed by atoms with van der Waals surface area (Å²) < 4.78 is 10.7. The molecule has 6 heteroatoms. The molecule has 6 nitrogen and oxygen atoms in total. The van der Waals surface area contributed by atoms with E-state index in [1.54, 1.807) is 11.0 Å². The first-order valence-corrected chi connectivity index (χ1v) is 8.77. The highest BCUT2D eigenvalue weighted by atomic mass is 16.5. The molecular formula is C19H25N3O3. The lowest BCUT2D eigenvalue weighted by atomic mass is 10.1. The summed E-state index contributed by atoms with van der Waals surface area (Å²) in [7, 11) is 1.81. The molecule has 2 aromatic rings. The van der Waals surface area contributed by atoms with Gasteiger partial charge < -0.3 is 14.2 Å². The first kappa shape index (κ1) is 17.6. The number of hydrogen-bond donors (Lipinski definition) is 0. The molecule has 0 atom stereocenters. The number of benzene rings is 1. The van der Waals surface area contributed by atoms with Crippen molar-refractivity contribution in [3.8, 4) is 0 Å². The SMILES string of the molecule is CN(CCCc1ccccc1)C(=O)c1cc(CN2CCOCC2)on1. The lowest BCUT2D eigenvalue weighted by Crippen LogP contribution is -2.35. The van der Waals surface area contributed by atoms with E-state index in [9.17, 15) is 4.79 Å². The van der Waals surface area contributed by atoms with E-state index in [2.05, 4.69) is 22.2 Å². The Morgan fingerprint density at radius 1 is 1.24 bits per heavy atom. The third-order valence-corrected chi connectivity index (χ3v) is 4.41. The van der Waals surface area contributed by atoms with Crippen LogP contribution in [0.3, 0.4) is 0 Å². The van der Waals surface area contributed by atoms with E-state index in [0.717, 1.165) is 44.9 Å². The fourth-order valence-corrected chi connectivity index (χ4v) is 2.93. The first-order chi connectivity index (χ1) is 12.2. The average Bonchev–Trinajstić information content (AvgIpc) is 3.11. The smallest absolute Gasteiger partial charge is 0.275 e. The zero-order valence-electron chi connectivity index (χ0n) is 14.7. The van der Waals surface area contributed by atoms with Crippen molar-refractivity contribution in [1.29, 1.82) is 0 Å². The van der Waals surface area contributed by atoms with Crippen LogP contribution in [-0.4, -0.2) is 60.8 Å². The van der Waals surface area contributed by atoms with E-state index in [1.165, 1.54) is 5.56 Å². The first-order valence-electron chi connectivity index (χ1n) is 8.77. The molecule has 0 unspecified atom stereocenters. The normalized spacial score (nSPS) is 15.2. The maximum absolute atomic E-state index is 12.5. The fraction of sp³-hybridized carbons (Fsp3) is 0.474. The topological polar surface area (TPSA) is 58.8 Å². The Bertz CT molecular complexity index is 666. The summed E-state index contributed by atoms with van der Waals surface area (Å²) in [6.07, 6.45) is 1.88. The molecule has 0 N–H and O–H groups in total.